The first-order valence-electron chi connectivity index (χ1n) is 7.66. The highest BCUT2D eigenvalue weighted by molar-refractivity contribution is 6.93. The van der Waals surface area contributed by atoms with Gasteiger partial charge in [0.15, 0.2) is 23.0 Å². The normalized spacial score (nSPS) is 11.1. The van der Waals surface area contributed by atoms with Crippen molar-refractivity contribution in [2.45, 2.75) is 0 Å². The van der Waals surface area contributed by atoms with E-state index >= 15 is 0 Å². The number of hydrogen-bond donors (Lipinski definition) is 0. The van der Waals surface area contributed by atoms with Gasteiger partial charge in [-0.05, 0) is 12.1 Å². The SMILES string of the molecule is COc1cccc([Si](OC)(OC)c2cccc(OC)c2OC)c1OC. The summed E-state index contributed by atoms with van der Waals surface area (Å²) < 4.78 is 34.0. The fourth-order valence-electron chi connectivity index (χ4n) is 2.96. The lowest BCUT2D eigenvalue weighted by atomic mass is 10.3. The van der Waals surface area contributed by atoms with Crippen LogP contribution in [0.4, 0.5) is 0 Å². The van der Waals surface area contributed by atoms with Crippen LogP contribution >= 0.6 is 0 Å². The third-order valence-corrected chi connectivity index (χ3v) is 7.45. The van der Waals surface area contributed by atoms with Crippen LogP contribution in [0.25, 0.3) is 0 Å². The summed E-state index contributed by atoms with van der Waals surface area (Å²) in [6.45, 7) is 0. The van der Waals surface area contributed by atoms with Gasteiger partial charge in [0, 0.05) is 24.6 Å². The van der Waals surface area contributed by atoms with E-state index in [4.69, 9.17) is 27.8 Å². The Morgan fingerprint density at radius 1 is 0.560 bits per heavy atom. The Hall–Kier alpha value is -2.22. The molecule has 0 bridgehead atoms. The fraction of sp³-hybridized carbons (Fsp3) is 0.333. The van der Waals surface area contributed by atoms with Crippen molar-refractivity contribution in [3.63, 3.8) is 0 Å². The molecule has 136 valence electrons. The molecule has 7 heteroatoms. The molecule has 0 aliphatic carbocycles. The molecule has 0 aliphatic heterocycles. The minimum atomic E-state index is -3.13. The number of methoxy groups -OCH3 is 4. The van der Waals surface area contributed by atoms with Crippen LogP contribution in [0.5, 0.6) is 23.0 Å². The van der Waals surface area contributed by atoms with E-state index in [1.807, 2.05) is 36.4 Å². The molecule has 0 radical (unpaired) electrons. The topological polar surface area (TPSA) is 55.4 Å². The third kappa shape index (κ3) is 3.18. The van der Waals surface area contributed by atoms with E-state index < -0.39 is 8.56 Å². The first-order chi connectivity index (χ1) is 12.1. The summed E-state index contributed by atoms with van der Waals surface area (Å²) in [6, 6.07) is 11.2. The van der Waals surface area contributed by atoms with Gasteiger partial charge in [0.2, 0.25) is 0 Å². The van der Waals surface area contributed by atoms with Crippen molar-refractivity contribution < 1.29 is 27.8 Å². The predicted octanol–water partition coefficient (Wildman–Crippen LogP) is 1.57. The van der Waals surface area contributed by atoms with E-state index in [0.717, 1.165) is 10.4 Å². The first kappa shape index (κ1) is 19.1. The largest absolute Gasteiger partial charge is 0.493 e. The lowest BCUT2D eigenvalue weighted by molar-refractivity contribution is 0.268. The van der Waals surface area contributed by atoms with Crippen molar-refractivity contribution in [2.75, 3.05) is 42.7 Å². The zero-order valence-corrected chi connectivity index (χ0v) is 16.4. The molecule has 0 unspecified atom stereocenters. The second-order valence-electron chi connectivity index (χ2n) is 5.11. The molecule has 0 fully saturated rings. The quantitative estimate of drug-likeness (QED) is 0.663. The molecule has 2 aromatic rings. The Morgan fingerprint density at radius 2 is 0.960 bits per heavy atom. The van der Waals surface area contributed by atoms with E-state index in [0.29, 0.717) is 23.0 Å². The van der Waals surface area contributed by atoms with E-state index in [2.05, 4.69) is 0 Å². The van der Waals surface area contributed by atoms with Gasteiger partial charge in [-0.15, -0.1) is 0 Å². The summed E-state index contributed by atoms with van der Waals surface area (Å²) in [5.41, 5.74) is 0. The molecule has 2 aromatic carbocycles. The van der Waals surface area contributed by atoms with Crippen molar-refractivity contribution in [3.05, 3.63) is 36.4 Å². The van der Waals surface area contributed by atoms with Crippen LogP contribution in [0.15, 0.2) is 36.4 Å². The molecule has 0 atom stereocenters. The number of para-hydroxylation sites is 2. The van der Waals surface area contributed by atoms with Gasteiger partial charge in [-0.25, -0.2) is 0 Å². The maximum atomic E-state index is 5.99. The van der Waals surface area contributed by atoms with Crippen LogP contribution in [0, 0.1) is 0 Å². The molecule has 0 aromatic heterocycles. The average Bonchev–Trinajstić information content (AvgIpc) is 2.68. The smallest absolute Gasteiger partial charge is 0.414 e. The van der Waals surface area contributed by atoms with Crippen LogP contribution in [-0.4, -0.2) is 51.2 Å². The highest BCUT2D eigenvalue weighted by atomic mass is 28.4. The van der Waals surface area contributed by atoms with Crippen molar-refractivity contribution >= 4 is 18.9 Å². The maximum absolute atomic E-state index is 5.99. The minimum absolute atomic E-state index is 0.574. The van der Waals surface area contributed by atoms with E-state index in [1.54, 1.807) is 42.7 Å². The van der Waals surface area contributed by atoms with Crippen molar-refractivity contribution in [1.82, 2.24) is 0 Å². The Kier molecular flexibility index (Phi) is 6.30. The van der Waals surface area contributed by atoms with Gasteiger partial charge in [-0.2, -0.15) is 0 Å². The Labute approximate surface area is 149 Å². The first-order valence-corrected chi connectivity index (χ1v) is 9.48. The van der Waals surface area contributed by atoms with Gasteiger partial charge < -0.3 is 27.8 Å². The van der Waals surface area contributed by atoms with Crippen LogP contribution < -0.4 is 29.3 Å². The Morgan fingerprint density at radius 3 is 1.24 bits per heavy atom. The summed E-state index contributed by atoms with van der Waals surface area (Å²) in [5.74, 6) is 2.36. The van der Waals surface area contributed by atoms with E-state index in [9.17, 15) is 0 Å². The second kappa shape index (κ2) is 8.24. The Balaban J connectivity index is 2.82. The second-order valence-corrected chi connectivity index (χ2v) is 8.23. The van der Waals surface area contributed by atoms with Gasteiger partial charge in [-0.3, -0.25) is 0 Å². The van der Waals surface area contributed by atoms with Crippen molar-refractivity contribution in [2.24, 2.45) is 0 Å². The molecule has 0 N–H and O–H groups in total. The summed E-state index contributed by atoms with van der Waals surface area (Å²) in [5, 5.41) is 1.57. The zero-order chi connectivity index (χ0) is 18.4. The molecule has 0 saturated carbocycles. The molecule has 0 heterocycles. The van der Waals surface area contributed by atoms with Gasteiger partial charge in [0.05, 0.1) is 28.4 Å². The monoisotopic (exact) mass is 364 g/mol. The number of benzene rings is 2. The van der Waals surface area contributed by atoms with Crippen LogP contribution in [0.3, 0.4) is 0 Å². The molecule has 6 nitrogen and oxygen atoms in total. The third-order valence-electron chi connectivity index (χ3n) is 4.09. The number of ether oxygens (including phenoxy) is 4. The molecule has 25 heavy (non-hydrogen) atoms. The molecule has 0 aliphatic rings. The molecular formula is C18H24O6Si. The molecule has 2 rings (SSSR count). The summed E-state index contributed by atoms with van der Waals surface area (Å²) in [4.78, 5) is 0. The number of rotatable bonds is 8. The van der Waals surface area contributed by atoms with E-state index in [1.165, 1.54) is 0 Å². The molecule has 0 saturated heterocycles. The standard InChI is InChI=1S/C18H24O6Si/c1-19-13-9-7-11-15(17(13)21-3)25(23-5,24-6)16-12-8-10-14(20-2)18(16)22-4/h7-12H,1-6H3. The molecule has 0 amide bonds. The van der Waals surface area contributed by atoms with Gasteiger partial charge >= 0.3 is 8.56 Å². The van der Waals surface area contributed by atoms with Crippen molar-refractivity contribution in [1.29, 1.82) is 0 Å². The van der Waals surface area contributed by atoms with Crippen LogP contribution in [0.2, 0.25) is 0 Å². The summed E-state index contributed by atoms with van der Waals surface area (Å²) in [7, 11) is 6.48. The van der Waals surface area contributed by atoms with Gasteiger partial charge in [0.25, 0.3) is 0 Å². The maximum Gasteiger partial charge on any atom is 0.414 e. The summed E-state index contributed by atoms with van der Waals surface area (Å²) in [6.07, 6.45) is 0. The van der Waals surface area contributed by atoms with Gasteiger partial charge in [0.1, 0.15) is 0 Å². The van der Waals surface area contributed by atoms with Gasteiger partial charge in [-0.1, -0.05) is 24.3 Å². The fourth-order valence-corrected chi connectivity index (χ4v) is 5.98. The highest BCUT2D eigenvalue weighted by Gasteiger charge is 2.47. The molecular weight excluding hydrogens is 340 g/mol. The minimum Gasteiger partial charge on any atom is -0.493 e. The lowest BCUT2D eigenvalue weighted by Gasteiger charge is -2.31. The zero-order valence-electron chi connectivity index (χ0n) is 15.4. The Bertz CT molecular complexity index is 657. The lowest BCUT2D eigenvalue weighted by Crippen LogP contribution is -2.62. The summed E-state index contributed by atoms with van der Waals surface area (Å²) >= 11 is 0. The average molecular weight is 364 g/mol. The highest BCUT2D eigenvalue weighted by Crippen LogP contribution is 2.31. The molecule has 0 spiro atoms. The van der Waals surface area contributed by atoms with Crippen LogP contribution in [0.1, 0.15) is 0 Å². The van der Waals surface area contributed by atoms with E-state index in [-0.39, 0.29) is 0 Å². The van der Waals surface area contributed by atoms with Crippen molar-refractivity contribution in [3.8, 4) is 23.0 Å². The van der Waals surface area contributed by atoms with Crippen LogP contribution in [-0.2, 0) is 8.85 Å². The predicted molar refractivity (Wildman–Crippen MR) is 98.1 cm³/mol. The number of hydrogen-bond acceptors (Lipinski definition) is 6.